The number of rotatable bonds is 6. The van der Waals surface area contributed by atoms with Gasteiger partial charge in [-0.05, 0) is 37.5 Å². The summed E-state index contributed by atoms with van der Waals surface area (Å²) in [5.74, 6) is 1.35. The van der Waals surface area contributed by atoms with Crippen LogP contribution >= 0.6 is 0 Å². The molecule has 0 saturated carbocycles. The van der Waals surface area contributed by atoms with Crippen LogP contribution in [-0.2, 0) is 0 Å². The number of nitrogens with one attached hydrogen (secondary N) is 1. The van der Waals surface area contributed by atoms with E-state index in [9.17, 15) is 0 Å². The zero-order chi connectivity index (χ0) is 17.9. The molecule has 3 heterocycles. The highest BCUT2D eigenvalue weighted by molar-refractivity contribution is 5.74. The zero-order valence-electron chi connectivity index (χ0n) is 15.3. The molecule has 2 aliphatic rings. The summed E-state index contributed by atoms with van der Waals surface area (Å²) in [6.45, 7) is 4.82. The minimum absolute atomic E-state index is 0.499. The van der Waals surface area contributed by atoms with E-state index in [2.05, 4.69) is 33.4 Å². The van der Waals surface area contributed by atoms with Crippen molar-refractivity contribution in [3.63, 3.8) is 0 Å². The molecule has 0 amide bonds. The van der Waals surface area contributed by atoms with E-state index in [1.165, 1.54) is 12.8 Å². The SMILES string of the molecule is CCCCOc1ccccc1-c1cc(N2CC3CCC(C2)N3)c(N)nn1. The Morgan fingerprint density at radius 1 is 1.19 bits per heavy atom. The summed E-state index contributed by atoms with van der Waals surface area (Å²) >= 11 is 0. The van der Waals surface area contributed by atoms with E-state index in [0.29, 0.717) is 24.5 Å². The Hall–Kier alpha value is -2.34. The van der Waals surface area contributed by atoms with Crippen LogP contribution in [0.15, 0.2) is 30.3 Å². The van der Waals surface area contributed by atoms with Crippen molar-refractivity contribution in [1.29, 1.82) is 0 Å². The van der Waals surface area contributed by atoms with Gasteiger partial charge in [0.1, 0.15) is 5.75 Å². The van der Waals surface area contributed by atoms with Crippen molar-refractivity contribution < 1.29 is 4.74 Å². The largest absolute Gasteiger partial charge is 0.493 e. The third-order valence-electron chi connectivity index (χ3n) is 5.28. The molecule has 26 heavy (non-hydrogen) atoms. The third-order valence-corrected chi connectivity index (χ3v) is 5.28. The van der Waals surface area contributed by atoms with Crippen LogP contribution in [0.3, 0.4) is 0 Å². The number of benzene rings is 1. The molecule has 138 valence electrons. The van der Waals surface area contributed by atoms with Crippen LogP contribution in [0, 0.1) is 0 Å². The predicted octanol–water partition coefficient (Wildman–Crippen LogP) is 2.85. The van der Waals surface area contributed by atoms with Crippen molar-refractivity contribution in [2.75, 3.05) is 30.3 Å². The molecule has 2 aromatic rings. The molecule has 0 spiro atoms. The Balaban J connectivity index is 1.62. The average Bonchev–Trinajstić information content (AvgIpc) is 3.01. The number of unbranched alkanes of at least 4 members (excludes halogenated alkanes) is 1. The van der Waals surface area contributed by atoms with E-state index in [4.69, 9.17) is 10.5 Å². The molecule has 3 N–H and O–H groups in total. The van der Waals surface area contributed by atoms with Crippen LogP contribution in [0.1, 0.15) is 32.6 Å². The van der Waals surface area contributed by atoms with Crippen molar-refractivity contribution in [3.05, 3.63) is 30.3 Å². The molecule has 2 fully saturated rings. The van der Waals surface area contributed by atoms with Crippen molar-refractivity contribution in [2.45, 2.75) is 44.7 Å². The number of piperazine rings is 1. The second-order valence-corrected chi connectivity index (χ2v) is 7.24. The summed E-state index contributed by atoms with van der Waals surface area (Å²) in [5, 5.41) is 12.3. The average molecular weight is 353 g/mol. The summed E-state index contributed by atoms with van der Waals surface area (Å²) in [4.78, 5) is 2.35. The van der Waals surface area contributed by atoms with Crippen LogP contribution in [0.25, 0.3) is 11.3 Å². The first kappa shape index (κ1) is 17.1. The second kappa shape index (κ2) is 7.50. The number of nitrogens with zero attached hydrogens (tertiary/aromatic N) is 3. The molecule has 2 unspecified atom stereocenters. The summed E-state index contributed by atoms with van der Waals surface area (Å²) in [6.07, 6.45) is 4.62. The van der Waals surface area contributed by atoms with Crippen LogP contribution in [-0.4, -0.2) is 42.0 Å². The van der Waals surface area contributed by atoms with Crippen molar-refractivity contribution in [1.82, 2.24) is 15.5 Å². The Labute approximate surface area is 154 Å². The molecule has 2 bridgehead atoms. The van der Waals surface area contributed by atoms with Gasteiger partial charge in [0, 0.05) is 30.7 Å². The van der Waals surface area contributed by atoms with Gasteiger partial charge < -0.3 is 20.7 Å². The maximum Gasteiger partial charge on any atom is 0.169 e. The number of fused-ring (bicyclic) bond motifs is 2. The van der Waals surface area contributed by atoms with E-state index < -0.39 is 0 Å². The summed E-state index contributed by atoms with van der Waals surface area (Å²) < 4.78 is 5.97. The number of nitrogens with two attached hydrogens (primary N) is 1. The predicted molar refractivity (Wildman–Crippen MR) is 104 cm³/mol. The van der Waals surface area contributed by atoms with E-state index >= 15 is 0 Å². The zero-order valence-corrected chi connectivity index (χ0v) is 15.3. The minimum Gasteiger partial charge on any atom is -0.493 e. The van der Waals surface area contributed by atoms with Crippen molar-refractivity contribution in [2.24, 2.45) is 0 Å². The summed E-state index contributed by atoms with van der Waals surface area (Å²) in [6, 6.07) is 11.2. The maximum atomic E-state index is 6.18. The topological polar surface area (TPSA) is 76.3 Å². The number of para-hydroxylation sites is 1. The molecule has 2 aliphatic heterocycles. The monoisotopic (exact) mass is 353 g/mol. The van der Waals surface area contributed by atoms with E-state index in [0.717, 1.165) is 48.6 Å². The van der Waals surface area contributed by atoms with Gasteiger partial charge in [-0.3, -0.25) is 0 Å². The van der Waals surface area contributed by atoms with Gasteiger partial charge in [-0.15, -0.1) is 10.2 Å². The van der Waals surface area contributed by atoms with Gasteiger partial charge in [-0.25, -0.2) is 0 Å². The Morgan fingerprint density at radius 2 is 1.96 bits per heavy atom. The first-order valence-electron chi connectivity index (χ1n) is 9.61. The fourth-order valence-electron chi connectivity index (χ4n) is 3.90. The van der Waals surface area contributed by atoms with Crippen LogP contribution < -0.4 is 20.7 Å². The number of hydrogen-bond donors (Lipinski definition) is 2. The molecule has 1 aromatic carbocycles. The smallest absolute Gasteiger partial charge is 0.169 e. The Bertz CT molecular complexity index is 754. The van der Waals surface area contributed by atoms with Gasteiger partial charge in [-0.1, -0.05) is 25.5 Å². The third kappa shape index (κ3) is 3.46. The fraction of sp³-hybridized carbons (Fsp3) is 0.500. The molecule has 6 nitrogen and oxygen atoms in total. The van der Waals surface area contributed by atoms with Crippen LogP contribution in [0.5, 0.6) is 5.75 Å². The maximum absolute atomic E-state index is 6.18. The molecular weight excluding hydrogens is 326 g/mol. The highest BCUT2D eigenvalue weighted by atomic mass is 16.5. The van der Waals surface area contributed by atoms with Crippen molar-refractivity contribution >= 4 is 11.5 Å². The Morgan fingerprint density at radius 3 is 2.73 bits per heavy atom. The molecule has 0 aliphatic carbocycles. The number of hydrogen-bond acceptors (Lipinski definition) is 6. The van der Waals surface area contributed by atoms with Gasteiger partial charge in [0.15, 0.2) is 5.82 Å². The molecule has 2 atom stereocenters. The highest BCUT2D eigenvalue weighted by Gasteiger charge is 2.33. The standard InChI is InChI=1S/C20H27N5O/c1-2-3-10-26-19-7-5-4-6-16(19)17-11-18(20(21)24-23-17)25-12-14-8-9-15(13-25)22-14/h4-7,11,14-15,22H,2-3,8-10,12-13H2,1H3,(H2,21,24). The van der Waals surface area contributed by atoms with E-state index in [-0.39, 0.29) is 0 Å². The summed E-state index contributed by atoms with van der Waals surface area (Å²) in [5.41, 5.74) is 8.94. The summed E-state index contributed by atoms with van der Waals surface area (Å²) in [7, 11) is 0. The second-order valence-electron chi connectivity index (χ2n) is 7.24. The highest BCUT2D eigenvalue weighted by Crippen LogP contribution is 2.34. The van der Waals surface area contributed by atoms with Gasteiger partial charge in [0.2, 0.25) is 0 Å². The van der Waals surface area contributed by atoms with Gasteiger partial charge in [0.25, 0.3) is 0 Å². The quantitative estimate of drug-likeness (QED) is 0.778. The molecule has 2 saturated heterocycles. The van der Waals surface area contributed by atoms with Gasteiger partial charge >= 0.3 is 0 Å². The lowest BCUT2D eigenvalue weighted by Crippen LogP contribution is -2.51. The fourth-order valence-corrected chi connectivity index (χ4v) is 3.90. The lowest BCUT2D eigenvalue weighted by atomic mass is 10.1. The van der Waals surface area contributed by atoms with E-state index in [1.54, 1.807) is 0 Å². The number of anilines is 2. The lowest BCUT2D eigenvalue weighted by molar-refractivity contribution is 0.310. The van der Waals surface area contributed by atoms with Crippen LogP contribution in [0.2, 0.25) is 0 Å². The number of nitrogen functional groups attached to an aromatic ring is 1. The first-order chi connectivity index (χ1) is 12.7. The molecular formula is C20H27N5O. The van der Waals surface area contributed by atoms with Crippen LogP contribution in [0.4, 0.5) is 11.5 Å². The first-order valence-corrected chi connectivity index (χ1v) is 9.61. The van der Waals surface area contributed by atoms with Gasteiger partial charge in [-0.2, -0.15) is 0 Å². The molecule has 6 heteroatoms. The number of ether oxygens (including phenoxy) is 1. The minimum atomic E-state index is 0.499. The molecule has 4 rings (SSSR count). The van der Waals surface area contributed by atoms with Crippen molar-refractivity contribution in [3.8, 4) is 17.0 Å². The normalized spacial score (nSPS) is 21.8. The van der Waals surface area contributed by atoms with Gasteiger partial charge in [0.05, 0.1) is 18.0 Å². The Kier molecular flexibility index (Phi) is 4.93. The molecule has 1 aromatic heterocycles. The lowest BCUT2D eigenvalue weighted by Gasteiger charge is -2.34. The van der Waals surface area contributed by atoms with E-state index in [1.807, 2.05) is 24.3 Å². The number of aromatic nitrogens is 2. The molecule has 0 radical (unpaired) electrons.